The highest BCUT2D eigenvalue weighted by molar-refractivity contribution is 7.99. The maximum absolute atomic E-state index is 12.2. The third-order valence-electron chi connectivity index (χ3n) is 3.89. The van der Waals surface area contributed by atoms with E-state index in [2.05, 4.69) is 5.32 Å². The van der Waals surface area contributed by atoms with Crippen LogP contribution in [0.4, 0.5) is 0 Å². The number of rotatable bonds is 4. The van der Waals surface area contributed by atoms with Crippen LogP contribution < -0.4 is 11.1 Å². The maximum atomic E-state index is 12.2. The van der Waals surface area contributed by atoms with E-state index in [1.807, 2.05) is 32.0 Å². The van der Waals surface area contributed by atoms with Crippen LogP contribution in [0.15, 0.2) is 23.1 Å². The minimum Gasteiger partial charge on any atom is -0.348 e. The molecule has 0 saturated heterocycles. The van der Waals surface area contributed by atoms with E-state index in [0.29, 0.717) is 5.02 Å². The number of amides is 1. The average Bonchev–Trinajstić information content (AvgIpc) is 2.46. The highest BCUT2D eigenvalue weighted by atomic mass is 35.5. The smallest absolute Gasteiger partial charge is 0.237 e. The number of carbonyl (C=O) groups is 1. The second-order valence-electron chi connectivity index (χ2n) is 5.29. The summed E-state index contributed by atoms with van der Waals surface area (Å²) < 4.78 is 0. The minimum atomic E-state index is -0.447. The van der Waals surface area contributed by atoms with Crippen molar-refractivity contribution in [3.05, 3.63) is 28.8 Å². The first-order valence-corrected chi connectivity index (χ1v) is 8.37. The number of hydrogen-bond donors (Lipinski definition) is 2. The van der Waals surface area contributed by atoms with E-state index in [1.165, 1.54) is 4.90 Å². The van der Waals surface area contributed by atoms with Crippen molar-refractivity contribution in [2.45, 2.75) is 43.7 Å². The Hall–Kier alpha value is -0.710. The molecule has 5 heteroatoms. The lowest BCUT2D eigenvalue weighted by molar-refractivity contribution is -0.124. The van der Waals surface area contributed by atoms with Gasteiger partial charge in [-0.2, -0.15) is 0 Å². The fourth-order valence-corrected chi connectivity index (χ4v) is 3.58. The highest BCUT2D eigenvalue weighted by Crippen LogP contribution is 2.37. The molecular formula is C15H21ClN2OS. The van der Waals surface area contributed by atoms with Gasteiger partial charge < -0.3 is 11.1 Å². The summed E-state index contributed by atoms with van der Waals surface area (Å²) in [4.78, 5) is 13.4. The third-order valence-corrected chi connectivity index (χ3v) is 5.25. The predicted molar refractivity (Wildman–Crippen MR) is 85.1 cm³/mol. The summed E-state index contributed by atoms with van der Waals surface area (Å²) in [5.74, 6) is 1.12. The molecule has 0 radical (unpaired) electrons. The van der Waals surface area contributed by atoms with E-state index < -0.39 is 6.04 Å². The van der Waals surface area contributed by atoms with Gasteiger partial charge in [0.2, 0.25) is 5.91 Å². The Morgan fingerprint density at radius 1 is 1.60 bits per heavy atom. The summed E-state index contributed by atoms with van der Waals surface area (Å²) in [6, 6.07) is 5.44. The Morgan fingerprint density at radius 2 is 2.35 bits per heavy atom. The first-order valence-electron chi connectivity index (χ1n) is 7.01. The standard InChI is InChI=1S/C15H21ClN2OS/c1-3-9(2)14(17)15(19)18-12-6-7-20-13-5-4-10(16)8-11(12)13/h4-5,8-9,12,14H,3,6-7,17H2,1-2H3,(H,18,19)/t9-,12?,14-/m0/s1. The number of nitrogens with one attached hydrogen (secondary N) is 1. The van der Waals surface area contributed by atoms with Crippen molar-refractivity contribution in [2.24, 2.45) is 11.7 Å². The van der Waals surface area contributed by atoms with Gasteiger partial charge in [-0.3, -0.25) is 4.79 Å². The minimum absolute atomic E-state index is 0.0209. The number of fused-ring (bicyclic) bond motifs is 1. The molecule has 0 aromatic heterocycles. The van der Waals surface area contributed by atoms with Gasteiger partial charge in [0, 0.05) is 15.7 Å². The first-order chi connectivity index (χ1) is 9.52. The summed E-state index contributed by atoms with van der Waals surface area (Å²) >= 11 is 7.87. The van der Waals surface area contributed by atoms with Crippen LogP contribution in [0.1, 0.15) is 38.3 Å². The number of halogens is 1. The summed E-state index contributed by atoms with van der Waals surface area (Å²) in [5.41, 5.74) is 7.10. The Morgan fingerprint density at radius 3 is 3.05 bits per heavy atom. The highest BCUT2D eigenvalue weighted by Gasteiger charge is 2.26. The van der Waals surface area contributed by atoms with Crippen molar-refractivity contribution < 1.29 is 4.79 Å². The molecule has 0 bridgehead atoms. The summed E-state index contributed by atoms with van der Waals surface area (Å²) in [6.07, 6.45) is 1.81. The normalized spacial score (nSPS) is 20.9. The van der Waals surface area contributed by atoms with Gasteiger partial charge >= 0.3 is 0 Å². The van der Waals surface area contributed by atoms with Crippen molar-refractivity contribution in [3.63, 3.8) is 0 Å². The monoisotopic (exact) mass is 312 g/mol. The second-order valence-corrected chi connectivity index (χ2v) is 6.86. The Balaban J connectivity index is 2.12. The molecule has 1 heterocycles. The fourth-order valence-electron chi connectivity index (χ4n) is 2.30. The van der Waals surface area contributed by atoms with E-state index in [-0.39, 0.29) is 17.9 Å². The first kappa shape index (κ1) is 15.7. The maximum Gasteiger partial charge on any atom is 0.237 e. The van der Waals surface area contributed by atoms with Crippen molar-refractivity contribution >= 4 is 29.3 Å². The van der Waals surface area contributed by atoms with Gasteiger partial charge in [0.25, 0.3) is 0 Å². The molecule has 1 unspecified atom stereocenters. The average molecular weight is 313 g/mol. The predicted octanol–water partition coefficient (Wildman–Crippen LogP) is 3.37. The van der Waals surface area contributed by atoms with Crippen LogP contribution in [0.3, 0.4) is 0 Å². The lowest BCUT2D eigenvalue weighted by atomic mass is 9.97. The van der Waals surface area contributed by atoms with Gasteiger partial charge in [-0.15, -0.1) is 11.8 Å². The summed E-state index contributed by atoms with van der Waals surface area (Å²) in [7, 11) is 0. The van der Waals surface area contributed by atoms with Gasteiger partial charge in [-0.25, -0.2) is 0 Å². The number of benzene rings is 1. The quantitative estimate of drug-likeness (QED) is 0.896. The Kier molecular flexibility index (Phi) is 5.35. The van der Waals surface area contributed by atoms with Crippen LogP contribution in [0.25, 0.3) is 0 Å². The number of carbonyl (C=O) groups excluding carboxylic acids is 1. The molecule has 0 spiro atoms. The number of thioether (sulfide) groups is 1. The van der Waals surface area contributed by atoms with E-state index in [9.17, 15) is 4.79 Å². The Bertz CT molecular complexity index is 495. The largest absolute Gasteiger partial charge is 0.348 e. The summed E-state index contributed by atoms with van der Waals surface area (Å²) in [6.45, 7) is 4.05. The second kappa shape index (κ2) is 6.83. The molecule has 0 aliphatic carbocycles. The van der Waals surface area contributed by atoms with Crippen LogP contribution in [0.5, 0.6) is 0 Å². The molecular weight excluding hydrogens is 292 g/mol. The topological polar surface area (TPSA) is 55.1 Å². The van der Waals surface area contributed by atoms with Crippen LogP contribution >= 0.6 is 23.4 Å². The molecule has 1 amide bonds. The molecule has 1 aliphatic heterocycles. The van der Waals surface area contributed by atoms with Crippen molar-refractivity contribution in [1.29, 1.82) is 0 Å². The van der Waals surface area contributed by atoms with Crippen LogP contribution in [-0.4, -0.2) is 17.7 Å². The van der Waals surface area contributed by atoms with E-state index in [0.717, 1.165) is 24.2 Å². The zero-order valence-corrected chi connectivity index (χ0v) is 13.4. The lowest BCUT2D eigenvalue weighted by Gasteiger charge is -2.28. The molecule has 3 atom stereocenters. The van der Waals surface area contributed by atoms with Gasteiger partial charge in [-0.1, -0.05) is 31.9 Å². The lowest BCUT2D eigenvalue weighted by Crippen LogP contribution is -2.46. The van der Waals surface area contributed by atoms with Crippen molar-refractivity contribution in [1.82, 2.24) is 5.32 Å². The van der Waals surface area contributed by atoms with Crippen LogP contribution in [-0.2, 0) is 4.79 Å². The third kappa shape index (κ3) is 3.48. The molecule has 20 heavy (non-hydrogen) atoms. The fraction of sp³-hybridized carbons (Fsp3) is 0.533. The van der Waals surface area contributed by atoms with E-state index in [1.54, 1.807) is 11.8 Å². The molecule has 1 aliphatic rings. The zero-order valence-electron chi connectivity index (χ0n) is 11.9. The van der Waals surface area contributed by atoms with E-state index >= 15 is 0 Å². The molecule has 2 rings (SSSR count). The van der Waals surface area contributed by atoms with Gasteiger partial charge in [0.1, 0.15) is 0 Å². The van der Waals surface area contributed by atoms with Crippen LogP contribution in [0, 0.1) is 5.92 Å². The van der Waals surface area contributed by atoms with Crippen molar-refractivity contribution in [2.75, 3.05) is 5.75 Å². The molecule has 110 valence electrons. The summed E-state index contributed by atoms with van der Waals surface area (Å²) in [5, 5.41) is 3.79. The number of hydrogen-bond acceptors (Lipinski definition) is 3. The SMILES string of the molecule is CC[C@H](C)[C@H](N)C(=O)NC1CCSc2ccc(Cl)cc21. The van der Waals surface area contributed by atoms with Gasteiger partial charge in [-0.05, 0) is 36.1 Å². The molecule has 0 fully saturated rings. The Labute approximate surface area is 129 Å². The zero-order chi connectivity index (χ0) is 14.7. The van der Waals surface area contributed by atoms with E-state index in [4.69, 9.17) is 17.3 Å². The van der Waals surface area contributed by atoms with Gasteiger partial charge in [0.15, 0.2) is 0 Å². The molecule has 1 aromatic carbocycles. The molecule has 3 nitrogen and oxygen atoms in total. The molecule has 3 N–H and O–H groups in total. The van der Waals surface area contributed by atoms with Crippen molar-refractivity contribution in [3.8, 4) is 0 Å². The van der Waals surface area contributed by atoms with Gasteiger partial charge in [0.05, 0.1) is 12.1 Å². The molecule has 0 saturated carbocycles. The van der Waals surface area contributed by atoms with Crippen LogP contribution in [0.2, 0.25) is 5.02 Å². The molecule has 1 aromatic rings. The number of nitrogens with two attached hydrogens (primary N) is 1.